The molecular formula is C8H22N2O4. The van der Waals surface area contributed by atoms with Crippen LogP contribution < -0.4 is 11.5 Å². The van der Waals surface area contributed by atoms with Crippen LogP contribution in [0.15, 0.2) is 0 Å². The summed E-state index contributed by atoms with van der Waals surface area (Å²) in [5.74, 6) is 0. The molecule has 0 aliphatic carbocycles. The number of hydrogen-bond donors (Lipinski definition) is 6. The van der Waals surface area contributed by atoms with Gasteiger partial charge >= 0.3 is 0 Å². The van der Waals surface area contributed by atoms with Crippen LogP contribution in [0.1, 0.15) is 13.8 Å². The maximum Gasteiger partial charge on any atom is 0.0856 e. The van der Waals surface area contributed by atoms with Crippen LogP contribution in [-0.4, -0.2) is 57.9 Å². The Balaban J connectivity index is 0. The fourth-order valence-electron chi connectivity index (χ4n) is 0.150. The Morgan fingerprint density at radius 2 is 1.00 bits per heavy atom. The standard InChI is InChI=1S/C4H11NO3.C4H11NO/c5-4(1-6,2-7)3-8;1-4(2,5)3-6/h6-8H,1-3,5H2;6H,3,5H2,1-2H3. The first-order chi connectivity index (χ1) is 6.24. The first-order valence-electron chi connectivity index (χ1n) is 4.26. The van der Waals surface area contributed by atoms with E-state index < -0.39 is 30.9 Å². The Morgan fingerprint density at radius 3 is 1.00 bits per heavy atom. The van der Waals surface area contributed by atoms with Crippen LogP contribution >= 0.6 is 0 Å². The minimum absolute atomic E-state index is 0.0486. The Labute approximate surface area is 84.2 Å². The molecule has 0 aromatic rings. The molecular weight excluding hydrogens is 188 g/mol. The molecule has 0 aliphatic rings. The first kappa shape index (κ1) is 16.2. The second-order valence-corrected chi connectivity index (χ2v) is 3.98. The highest BCUT2D eigenvalue weighted by atomic mass is 16.3. The van der Waals surface area contributed by atoms with Crippen molar-refractivity contribution < 1.29 is 20.4 Å². The highest BCUT2D eigenvalue weighted by molar-refractivity contribution is 4.80. The Morgan fingerprint density at radius 1 is 0.786 bits per heavy atom. The van der Waals surface area contributed by atoms with Crippen LogP contribution in [0.5, 0.6) is 0 Å². The topological polar surface area (TPSA) is 133 Å². The smallest absolute Gasteiger partial charge is 0.0856 e. The minimum atomic E-state index is -1.21. The van der Waals surface area contributed by atoms with Gasteiger partial charge in [-0.3, -0.25) is 0 Å². The molecule has 8 N–H and O–H groups in total. The summed E-state index contributed by atoms with van der Waals surface area (Å²) in [6.45, 7) is 2.38. The first-order valence-corrected chi connectivity index (χ1v) is 4.26. The third-order valence-electron chi connectivity index (χ3n) is 1.35. The van der Waals surface area contributed by atoms with Crippen molar-refractivity contribution in [3.63, 3.8) is 0 Å². The fraction of sp³-hybridized carbons (Fsp3) is 1.00. The Kier molecular flexibility index (Phi) is 8.22. The van der Waals surface area contributed by atoms with E-state index in [1.165, 1.54) is 0 Å². The molecule has 14 heavy (non-hydrogen) atoms. The molecule has 0 amide bonds. The summed E-state index contributed by atoms with van der Waals surface area (Å²) in [6, 6.07) is 0. The van der Waals surface area contributed by atoms with Gasteiger partial charge in [0.1, 0.15) is 0 Å². The second-order valence-electron chi connectivity index (χ2n) is 3.98. The monoisotopic (exact) mass is 210 g/mol. The van der Waals surface area contributed by atoms with Crippen molar-refractivity contribution in [2.75, 3.05) is 26.4 Å². The SMILES string of the molecule is CC(C)(N)CO.NC(CO)(CO)CO. The van der Waals surface area contributed by atoms with Crippen LogP contribution in [0.3, 0.4) is 0 Å². The number of nitrogens with two attached hydrogens (primary N) is 2. The van der Waals surface area contributed by atoms with Crippen molar-refractivity contribution in [1.82, 2.24) is 0 Å². The van der Waals surface area contributed by atoms with E-state index in [2.05, 4.69) is 0 Å². The van der Waals surface area contributed by atoms with Crippen molar-refractivity contribution in [1.29, 1.82) is 0 Å². The van der Waals surface area contributed by atoms with E-state index in [1.807, 2.05) is 0 Å². The number of aliphatic hydroxyl groups excluding tert-OH is 4. The Hall–Kier alpha value is -0.240. The third kappa shape index (κ3) is 9.85. The maximum absolute atomic E-state index is 8.34. The van der Waals surface area contributed by atoms with E-state index in [9.17, 15) is 0 Å². The summed E-state index contributed by atoms with van der Waals surface area (Å²) in [5, 5.41) is 33.3. The summed E-state index contributed by atoms with van der Waals surface area (Å²) < 4.78 is 0. The maximum atomic E-state index is 8.34. The lowest BCUT2D eigenvalue weighted by Gasteiger charge is -2.20. The van der Waals surface area contributed by atoms with Crippen molar-refractivity contribution >= 4 is 0 Å². The van der Waals surface area contributed by atoms with Gasteiger partial charge in [-0.15, -0.1) is 0 Å². The van der Waals surface area contributed by atoms with E-state index in [1.54, 1.807) is 13.8 Å². The molecule has 0 aromatic carbocycles. The molecule has 0 atom stereocenters. The summed E-state index contributed by atoms with van der Waals surface area (Å²) in [6.07, 6.45) is 0. The normalized spacial score (nSPS) is 12.0. The van der Waals surface area contributed by atoms with Crippen molar-refractivity contribution in [3.8, 4) is 0 Å². The highest BCUT2D eigenvalue weighted by Gasteiger charge is 2.20. The molecule has 0 aliphatic heterocycles. The fourth-order valence-corrected chi connectivity index (χ4v) is 0.150. The average molecular weight is 210 g/mol. The van der Waals surface area contributed by atoms with Crippen LogP contribution in [0.4, 0.5) is 0 Å². The highest BCUT2D eigenvalue weighted by Crippen LogP contribution is 1.93. The number of hydrogen-bond acceptors (Lipinski definition) is 6. The predicted octanol–water partition coefficient (Wildman–Crippen LogP) is -2.62. The zero-order valence-corrected chi connectivity index (χ0v) is 8.77. The lowest BCUT2D eigenvalue weighted by atomic mass is 10.1. The van der Waals surface area contributed by atoms with E-state index >= 15 is 0 Å². The second kappa shape index (κ2) is 7.10. The molecule has 0 heterocycles. The average Bonchev–Trinajstić information content (AvgIpc) is 2.16. The minimum Gasteiger partial charge on any atom is -0.394 e. The van der Waals surface area contributed by atoms with Crippen LogP contribution in [0.25, 0.3) is 0 Å². The van der Waals surface area contributed by atoms with Gasteiger partial charge in [0.2, 0.25) is 0 Å². The summed E-state index contributed by atoms with van der Waals surface area (Å²) in [4.78, 5) is 0. The van der Waals surface area contributed by atoms with Gasteiger partial charge in [0.25, 0.3) is 0 Å². The predicted molar refractivity (Wildman–Crippen MR) is 53.5 cm³/mol. The van der Waals surface area contributed by atoms with Crippen molar-refractivity contribution in [2.45, 2.75) is 24.9 Å². The van der Waals surface area contributed by atoms with Gasteiger partial charge < -0.3 is 31.9 Å². The van der Waals surface area contributed by atoms with Gasteiger partial charge in [0.15, 0.2) is 0 Å². The van der Waals surface area contributed by atoms with Crippen molar-refractivity contribution in [2.24, 2.45) is 11.5 Å². The molecule has 0 saturated carbocycles. The molecule has 0 fully saturated rings. The van der Waals surface area contributed by atoms with Crippen molar-refractivity contribution in [3.05, 3.63) is 0 Å². The number of rotatable bonds is 4. The van der Waals surface area contributed by atoms with Gasteiger partial charge in [0, 0.05) is 5.54 Å². The molecule has 88 valence electrons. The van der Waals surface area contributed by atoms with Gasteiger partial charge in [-0.05, 0) is 13.8 Å². The van der Waals surface area contributed by atoms with Gasteiger partial charge in [-0.2, -0.15) is 0 Å². The molecule has 0 radical (unpaired) electrons. The van der Waals surface area contributed by atoms with E-state index in [0.29, 0.717) is 0 Å². The molecule has 0 spiro atoms. The zero-order valence-electron chi connectivity index (χ0n) is 8.77. The molecule has 0 bridgehead atoms. The molecule has 6 nitrogen and oxygen atoms in total. The van der Waals surface area contributed by atoms with Crippen LogP contribution in [0, 0.1) is 0 Å². The molecule has 0 aromatic heterocycles. The van der Waals surface area contributed by atoms with E-state index in [-0.39, 0.29) is 6.61 Å². The summed E-state index contributed by atoms with van der Waals surface area (Å²) in [5.41, 5.74) is 8.82. The lowest BCUT2D eigenvalue weighted by molar-refractivity contribution is 0.0698. The lowest BCUT2D eigenvalue weighted by Crippen LogP contribution is -2.50. The molecule has 0 rings (SSSR count). The van der Waals surface area contributed by atoms with Gasteiger partial charge in [-0.25, -0.2) is 0 Å². The molecule has 6 heteroatoms. The molecule has 0 unspecified atom stereocenters. The summed E-state index contributed by atoms with van der Waals surface area (Å²) in [7, 11) is 0. The largest absolute Gasteiger partial charge is 0.394 e. The zero-order chi connectivity index (χ0) is 11.8. The quantitative estimate of drug-likeness (QED) is 0.301. The van der Waals surface area contributed by atoms with E-state index in [4.69, 9.17) is 31.9 Å². The summed E-state index contributed by atoms with van der Waals surface area (Å²) >= 11 is 0. The molecule has 0 saturated heterocycles. The van der Waals surface area contributed by atoms with Crippen LogP contribution in [-0.2, 0) is 0 Å². The third-order valence-corrected chi connectivity index (χ3v) is 1.35. The van der Waals surface area contributed by atoms with Crippen LogP contribution in [0.2, 0.25) is 0 Å². The number of aliphatic hydroxyl groups is 4. The Bertz CT molecular complexity index is 124. The van der Waals surface area contributed by atoms with E-state index in [0.717, 1.165) is 0 Å². The van der Waals surface area contributed by atoms with Gasteiger partial charge in [-0.1, -0.05) is 0 Å². The van der Waals surface area contributed by atoms with Gasteiger partial charge in [0.05, 0.1) is 32.0 Å².